The summed E-state index contributed by atoms with van der Waals surface area (Å²) in [4.78, 5) is 12.9. The number of nitrogens with zero attached hydrogens (tertiary/aromatic N) is 1. The van der Waals surface area contributed by atoms with E-state index in [2.05, 4.69) is 11.8 Å². The van der Waals surface area contributed by atoms with Crippen molar-refractivity contribution in [3.8, 4) is 0 Å². The molecule has 1 aromatic carbocycles. The van der Waals surface area contributed by atoms with Crippen molar-refractivity contribution in [3.05, 3.63) is 29.8 Å². The van der Waals surface area contributed by atoms with Crippen LogP contribution in [0.25, 0.3) is 0 Å². The van der Waals surface area contributed by atoms with Crippen LogP contribution in [0.5, 0.6) is 0 Å². The van der Waals surface area contributed by atoms with Gasteiger partial charge in [0.05, 0.1) is 6.10 Å². The van der Waals surface area contributed by atoms with Gasteiger partial charge >= 0.3 is 0 Å². The van der Waals surface area contributed by atoms with Crippen molar-refractivity contribution in [2.75, 3.05) is 24.6 Å². The molecule has 0 radical (unpaired) electrons. The van der Waals surface area contributed by atoms with Gasteiger partial charge in [-0.05, 0) is 44.0 Å². The maximum Gasteiger partial charge on any atom is 0.150 e. The van der Waals surface area contributed by atoms with Gasteiger partial charge in [-0.15, -0.1) is 0 Å². The summed E-state index contributed by atoms with van der Waals surface area (Å²) in [5.41, 5.74) is 1.88. The molecule has 1 aliphatic rings. The number of aldehydes is 1. The molecule has 1 unspecified atom stereocenters. The van der Waals surface area contributed by atoms with Crippen LogP contribution in [0.3, 0.4) is 0 Å². The fraction of sp³-hybridized carbons (Fsp3) is 0.500. The number of carbonyl (C=O) groups is 1. The maximum atomic E-state index is 10.6. The summed E-state index contributed by atoms with van der Waals surface area (Å²) in [6.45, 7) is 4.94. The largest absolute Gasteiger partial charge is 0.376 e. The third kappa shape index (κ3) is 3.07. The standard InChI is InChI=1S/C14H19NO2/c1-2-15(10-14-4-3-9-17-14)13-7-5-12(11-16)6-8-13/h5-8,11,14H,2-4,9-10H2,1H3. The van der Waals surface area contributed by atoms with Crippen LogP contribution >= 0.6 is 0 Å². The third-order valence-corrected chi connectivity index (χ3v) is 3.22. The summed E-state index contributed by atoms with van der Waals surface area (Å²) >= 11 is 0. The van der Waals surface area contributed by atoms with Gasteiger partial charge in [0.25, 0.3) is 0 Å². The second-order valence-electron chi connectivity index (χ2n) is 4.38. The van der Waals surface area contributed by atoms with E-state index in [1.54, 1.807) is 0 Å². The molecule has 3 heteroatoms. The lowest BCUT2D eigenvalue weighted by Crippen LogP contribution is -2.31. The molecular weight excluding hydrogens is 214 g/mol. The topological polar surface area (TPSA) is 29.5 Å². The summed E-state index contributed by atoms with van der Waals surface area (Å²) in [7, 11) is 0. The fourth-order valence-electron chi connectivity index (χ4n) is 2.21. The van der Waals surface area contributed by atoms with Gasteiger partial charge in [0.2, 0.25) is 0 Å². The van der Waals surface area contributed by atoms with E-state index in [9.17, 15) is 4.79 Å². The lowest BCUT2D eigenvalue weighted by atomic mass is 10.2. The van der Waals surface area contributed by atoms with Crippen LogP contribution in [0, 0.1) is 0 Å². The van der Waals surface area contributed by atoms with Crippen molar-refractivity contribution in [1.82, 2.24) is 0 Å². The summed E-state index contributed by atoms with van der Waals surface area (Å²) in [5.74, 6) is 0. The zero-order chi connectivity index (χ0) is 12.1. The summed E-state index contributed by atoms with van der Waals surface area (Å²) in [6.07, 6.45) is 3.57. The Balaban J connectivity index is 2.02. The molecule has 1 fully saturated rings. The van der Waals surface area contributed by atoms with Gasteiger partial charge in [-0.2, -0.15) is 0 Å². The van der Waals surface area contributed by atoms with Crippen LogP contribution in [0.4, 0.5) is 5.69 Å². The molecule has 0 aromatic heterocycles. The molecule has 1 aliphatic heterocycles. The highest BCUT2D eigenvalue weighted by molar-refractivity contribution is 5.75. The lowest BCUT2D eigenvalue weighted by molar-refractivity contribution is 0.112. The molecule has 1 aromatic rings. The van der Waals surface area contributed by atoms with Gasteiger partial charge in [-0.3, -0.25) is 4.79 Å². The molecule has 0 N–H and O–H groups in total. The molecule has 1 saturated heterocycles. The van der Waals surface area contributed by atoms with Crippen molar-refractivity contribution in [3.63, 3.8) is 0 Å². The van der Waals surface area contributed by atoms with E-state index >= 15 is 0 Å². The smallest absolute Gasteiger partial charge is 0.150 e. The second kappa shape index (κ2) is 5.82. The Morgan fingerprint density at radius 3 is 2.71 bits per heavy atom. The molecule has 2 rings (SSSR count). The van der Waals surface area contributed by atoms with Crippen molar-refractivity contribution in [2.24, 2.45) is 0 Å². The number of hydrogen-bond acceptors (Lipinski definition) is 3. The summed E-state index contributed by atoms with van der Waals surface area (Å²) in [6, 6.07) is 7.73. The molecule has 0 saturated carbocycles. The highest BCUT2D eigenvalue weighted by atomic mass is 16.5. The monoisotopic (exact) mass is 233 g/mol. The van der Waals surface area contributed by atoms with Crippen LogP contribution < -0.4 is 4.90 Å². The van der Waals surface area contributed by atoms with Crippen LogP contribution in [-0.4, -0.2) is 32.1 Å². The average molecular weight is 233 g/mol. The zero-order valence-corrected chi connectivity index (χ0v) is 10.3. The first-order valence-corrected chi connectivity index (χ1v) is 6.25. The molecular formula is C14H19NO2. The molecule has 92 valence electrons. The number of ether oxygens (including phenoxy) is 1. The number of likely N-dealkylation sites (N-methyl/N-ethyl adjacent to an activating group) is 1. The molecule has 0 bridgehead atoms. The number of carbonyl (C=O) groups excluding carboxylic acids is 1. The van der Waals surface area contributed by atoms with E-state index in [-0.39, 0.29) is 0 Å². The van der Waals surface area contributed by atoms with E-state index in [0.717, 1.165) is 43.7 Å². The first kappa shape index (κ1) is 12.1. The summed E-state index contributed by atoms with van der Waals surface area (Å²) in [5, 5.41) is 0. The van der Waals surface area contributed by atoms with Crippen LogP contribution in [0.2, 0.25) is 0 Å². The molecule has 1 heterocycles. The second-order valence-corrected chi connectivity index (χ2v) is 4.38. The molecule has 1 atom stereocenters. The predicted octanol–water partition coefficient (Wildman–Crippen LogP) is 2.50. The molecule has 0 amide bonds. The van der Waals surface area contributed by atoms with Crippen LogP contribution in [-0.2, 0) is 4.74 Å². The van der Waals surface area contributed by atoms with Gasteiger partial charge in [0, 0.05) is 30.9 Å². The zero-order valence-electron chi connectivity index (χ0n) is 10.3. The lowest BCUT2D eigenvalue weighted by Gasteiger charge is -2.26. The fourth-order valence-corrected chi connectivity index (χ4v) is 2.21. The van der Waals surface area contributed by atoms with E-state index in [4.69, 9.17) is 4.74 Å². The first-order chi connectivity index (χ1) is 8.33. The predicted molar refractivity (Wildman–Crippen MR) is 68.7 cm³/mol. The third-order valence-electron chi connectivity index (χ3n) is 3.22. The minimum atomic E-state index is 0.362. The van der Waals surface area contributed by atoms with Crippen LogP contribution in [0.1, 0.15) is 30.1 Å². The summed E-state index contributed by atoms with van der Waals surface area (Å²) < 4.78 is 5.65. The highest BCUT2D eigenvalue weighted by Crippen LogP contribution is 2.19. The van der Waals surface area contributed by atoms with Crippen molar-refractivity contribution >= 4 is 12.0 Å². The number of benzene rings is 1. The van der Waals surface area contributed by atoms with Gasteiger partial charge in [-0.1, -0.05) is 0 Å². The maximum absolute atomic E-state index is 10.6. The Kier molecular flexibility index (Phi) is 4.15. The Bertz CT molecular complexity index is 355. The Morgan fingerprint density at radius 2 is 2.18 bits per heavy atom. The van der Waals surface area contributed by atoms with Crippen molar-refractivity contribution in [1.29, 1.82) is 0 Å². The normalized spacial score (nSPS) is 19.2. The van der Waals surface area contributed by atoms with E-state index in [1.165, 1.54) is 6.42 Å². The van der Waals surface area contributed by atoms with Gasteiger partial charge in [0.1, 0.15) is 6.29 Å². The molecule has 0 spiro atoms. The Labute approximate surface area is 102 Å². The first-order valence-electron chi connectivity index (χ1n) is 6.25. The minimum Gasteiger partial charge on any atom is -0.376 e. The average Bonchev–Trinajstić information content (AvgIpc) is 2.89. The van der Waals surface area contributed by atoms with Crippen molar-refractivity contribution < 1.29 is 9.53 Å². The molecule has 3 nitrogen and oxygen atoms in total. The van der Waals surface area contributed by atoms with E-state index in [1.807, 2.05) is 24.3 Å². The van der Waals surface area contributed by atoms with E-state index in [0.29, 0.717) is 6.10 Å². The minimum absolute atomic E-state index is 0.362. The van der Waals surface area contributed by atoms with E-state index < -0.39 is 0 Å². The number of anilines is 1. The van der Waals surface area contributed by atoms with Crippen molar-refractivity contribution in [2.45, 2.75) is 25.9 Å². The number of rotatable bonds is 5. The Morgan fingerprint density at radius 1 is 1.41 bits per heavy atom. The van der Waals surface area contributed by atoms with Gasteiger partial charge in [-0.25, -0.2) is 0 Å². The van der Waals surface area contributed by atoms with Gasteiger partial charge < -0.3 is 9.64 Å². The van der Waals surface area contributed by atoms with Crippen LogP contribution in [0.15, 0.2) is 24.3 Å². The van der Waals surface area contributed by atoms with Gasteiger partial charge in [0.15, 0.2) is 0 Å². The quantitative estimate of drug-likeness (QED) is 0.732. The molecule has 17 heavy (non-hydrogen) atoms. The number of hydrogen-bond donors (Lipinski definition) is 0. The SMILES string of the molecule is CCN(CC1CCCO1)c1ccc(C=O)cc1. The Hall–Kier alpha value is -1.35. The highest BCUT2D eigenvalue weighted by Gasteiger charge is 2.18. The molecule has 0 aliphatic carbocycles.